The highest BCUT2D eigenvalue weighted by Gasteiger charge is 2.13. The van der Waals surface area contributed by atoms with Gasteiger partial charge in [0.2, 0.25) is 0 Å². The Hall–Kier alpha value is -0.530. The second-order valence-electron chi connectivity index (χ2n) is 6.13. The van der Waals surface area contributed by atoms with E-state index in [9.17, 15) is 0 Å². The van der Waals surface area contributed by atoms with Crippen molar-refractivity contribution < 1.29 is 0 Å². The molecule has 1 aromatic carbocycles. The van der Waals surface area contributed by atoms with Crippen LogP contribution in [0, 0.1) is 0 Å². The Morgan fingerprint density at radius 3 is 2.14 bits per heavy atom. The van der Waals surface area contributed by atoms with Crippen LogP contribution >= 0.6 is 11.6 Å². The lowest BCUT2D eigenvalue weighted by atomic mass is 9.99. The Balaban J connectivity index is 2.52. The molecule has 1 aromatic rings. The van der Waals surface area contributed by atoms with E-state index in [4.69, 9.17) is 11.6 Å². The van der Waals surface area contributed by atoms with Crippen molar-refractivity contribution in [1.29, 1.82) is 0 Å². The third-order valence-electron chi connectivity index (χ3n) is 4.15. The first-order valence-corrected chi connectivity index (χ1v) is 9.06. The van der Waals surface area contributed by atoms with Gasteiger partial charge in [-0.2, -0.15) is 0 Å². The molecule has 0 saturated heterocycles. The summed E-state index contributed by atoms with van der Waals surface area (Å²) in [5.41, 5.74) is 1.29. The molecule has 120 valence electrons. The second kappa shape index (κ2) is 11.1. The molecule has 1 unspecified atom stereocenters. The molecule has 0 aliphatic rings. The highest BCUT2D eigenvalue weighted by molar-refractivity contribution is 6.30. The molecule has 1 nitrogen and oxygen atoms in total. The monoisotopic (exact) mass is 309 g/mol. The lowest BCUT2D eigenvalue weighted by Crippen LogP contribution is -2.31. The van der Waals surface area contributed by atoms with Crippen LogP contribution in [0.4, 0.5) is 0 Å². The molecule has 0 heterocycles. The molecule has 0 aliphatic heterocycles. The van der Waals surface area contributed by atoms with E-state index in [0.717, 1.165) is 5.02 Å². The summed E-state index contributed by atoms with van der Waals surface area (Å²) in [4.78, 5) is 0. The van der Waals surface area contributed by atoms with Crippen molar-refractivity contribution in [2.75, 3.05) is 0 Å². The highest BCUT2D eigenvalue weighted by atomic mass is 35.5. The number of hydrogen-bond donors (Lipinski definition) is 1. The molecule has 21 heavy (non-hydrogen) atoms. The largest absolute Gasteiger partial charge is 0.307 e. The molecule has 0 aliphatic carbocycles. The van der Waals surface area contributed by atoms with Gasteiger partial charge in [-0.15, -0.1) is 0 Å². The summed E-state index contributed by atoms with van der Waals surface area (Å²) in [5, 5.41) is 4.65. The average molecular weight is 310 g/mol. The summed E-state index contributed by atoms with van der Waals surface area (Å²) >= 11 is 6.10. The van der Waals surface area contributed by atoms with Gasteiger partial charge in [-0.1, -0.05) is 76.1 Å². The van der Waals surface area contributed by atoms with E-state index < -0.39 is 0 Å². The third-order valence-corrected chi connectivity index (χ3v) is 4.38. The molecule has 0 radical (unpaired) electrons. The maximum absolute atomic E-state index is 6.10. The first-order chi connectivity index (χ1) is 10.2. The Bertz CT molecular complexity index is 368. The van der Waals surface area contributed by atoms with Crippen molar-refractivity contribution in [2.45, 2.75) is 84.2 Å². The van der Waals surface area contributed by atoms with E-state index in [2.05, 4.69) is 38.2 Å². The molecule has 0 aromatic heterocycles. The van der Waals surface area contributed by atoms with E-state index in [-0.39, 0.29) is 0 Å². The zero-order valence-corrected chi connectivity index (χ0v) is 14.8. The van der Waals surface area contributed by atoms with Gasteiger partial charge in [0.25, 0.3) is 0 Å². The zero-order valence-electron chi connectivity index (χ0n) is 14.0. The quantitative estimate of drug-likeness (QED) is 0.459. The van der Waals surface area contributed by atoms with Gasteiger partial charge >= 0.3 is 0 Å². The smallest absolute Gasteiger partial charge is 0.0409 e. The fourth-order valence-corrected chi connectivity index (χ4v) is 3.02. The van der Waals surface area contributed by atoms with Crippen LogP contribution in [0.2, 0.25) is 5.02 Å². The van der Waals surface area contributed by atoms with Gasteiger partial charge in [0.15, 0.2) is 0 Å². The number of unbranched alkanes of at least 4 members (excludes halogenated alkanes) is 4. The van der Waals surface area contributed by atoms with Gasteiger partial charge in [-0.25, -0.2) is 0 Å². The summed E-state index contributed by atoms with van der Waals surface area (Å²) in [6, 6.07) is 9.23. The number of benzene rings is 1. The lowest BCUT2D eigenvalue weighted by Gasteiger charge is -2.24. The predicted octanol–water partition coefficient (Wildman–Crippen LogP) is 6.52. The number of nitrogens with one attached hydrogen (secondary N) is 1. The molecular formula is C19H32ClN. The van der Waals surface area contributed by atoms with E-state index in [1.165, 1.54) is 56.9 Å². The van der Waals surface area contributed by atoms with Gasteiger partial charge in [0.1, 0.15) is 0 Å². The molecule has 0 bridgehead atoms. The van der Waals surface area contributed by atoms with Crippen LogP contribution in [0.3, 0.4) is 0 Å². The number of hydrogen-bond acceptors (Lipinski definition) is 1. The maximum Gasteiger partial charge on any atom is 0.0409 e. The molecule has 0 saturated carbocycles. The molecule has 0 fully saturated rings. The van der Waals surface area contributed by atoms with Crippen LogP contribution in [0.1, 0.15) is 83.7 Å². The van der Waals surface area contributed by atoms with Crippen LogP contribution in [0.25, 0.3) is 0 Å². The second-order valence-corrected chi connectivity index (χ2v) is 6.57. The maximum atomic E-state index is 6.10. The molecule has 2 heteroatoms. The number of halogens is 1. The van der Waals surface area contributed by atoms with Crippen molar-refractivity contribution in [3.8, 4) is 0 Å². The van der Waals surface area contributed by atoms with Crippen molar-refractivity contribution >= 4 is 11.6 Å². The Morgan fingerprint density at radius 2 is 1.62 bits per heavy atom. The van der Waals surface area contributed by atoms with Crippen LogP contribution in [-0.4, -0.2) is 6.04 Å². The van der Waals surface area contributed by atoms with Crippen molar-refractivity contribution in [3.63, 3.8) is 0 Å². The minimum atomic E-state index is 0.372. The van der Waals surface area contributed by atoms with E-state index in [0.29, 0.717) is 12.1 Å². The van der Waals surface area contributed by atoms with Crippen molar-refractivity contribution in [3.05, 3.63) is 34.9 Å². The molecule has 0 spiro atoms. The van der Waals surface area contributed by atoms with Crippen LogP contribution in [-0.2, 0) is 0 Å². The van der Waals surface area contributed by atoms with Gasteiger partial charge in [-0.3, -0.25) is 0 Å². The Kier molecular flexibility index (Phi) is 9.78. The van der Waals surface area contributed by atoms with Gasteiger partial charge in [0, 0.05) is 17.1 Å². The van der Waals surface area contributed by atoms with Gasteiger partial charge < -0.3 is 5.32 Å². The van der Waals surface area contributed by atoms with E-state index in [1.54, 1.807) is 0 Å². The lowest BCUT2D eigenvalue weighted by molar-refractivity contribution is 0.384. The van der Waals surface area contributed by atoms with Gasteiger partial charge in [-0.05, 0) is 37.5 Å². The molecule has 1 N–H and O–H groups in total. The SMILES string of the molecule is CCCCCC(CCCCC)NC(C)c1cccc(Cl)c1. The first kappa shape index (κ1) is 18.5. The molecule has 1 atom stereocenters. The topological polar surface area (TPSA) is 12.0 Å². The van der Waals surface area contributed by atoms with E-state index in [1.807, 2.05) is 12.1 Å². The number of rotatable bonds is 11. The standard InChI is InChI=1S/C19H32ClN/c1-4-6-8-13-19(14-9-7-5-2)21-16(3)17-11-10-12-18(20)15-17/h10-12,15-16,19,21H,4-9,13-14H2,1-3H3. The molecule has 0 amide bonds. The van der Waals surface area contributed by atoms with Crippen LogP contribution < -0.4 is 5.32 Å². The Morgan fingerprint density at radius 1 is 1.00 bits per heavy atom. The summed E-state index contributed by atoms with van der Waals surface area (Å²) < 4.78 is 0. The molecule has 1 rings (SSSR count). The first-order valence-electron chi connectivity index (χ1n) is 8.68. The van der Waals surface area contributed by atoms with Crippen molar-refractivity contribution in [2.24, 2.45) is 0 Å². The summed E-state index contributed by atoms with van der Waals surface area (Å²) in [6.45, 7) is 6.79. The predicted molar refractivity (Wildman–Crippen MR) is 95.1 cm³/mol. The Labute approximate surface area is 136 Å². The summed E-state index contributed by atoms with van der Waals surface area (Å²) in [7, 11) is 0. The normalized spacial score (nSPS) is 12.8. The van der Waals surface area contributed by atoms with Gasteiger partial charge in [0.05, 0.1) is 0 Å². The van der Waals surface area contributed by atoms with Crippen molar-refractivity contribution in [1.82, 2.24) is 5.32 Å². The molecular weight excluding hydrogens is 278 g/mol. The summed E-state index contributed by atoms with van der Waals surface area (Å²) in [5.74, 6) is 0. The van der Waals surface area contributed by atoms with Crippen LogP contribution in [0.15, 0.2) is 24.3 Å². The summed E-state index contributed by atoms with van der Waals surface area (Å²) in [6.07, 6.45) is 10.5. The van der Waals surface area contributed by atoms with E-state index >= 15 is 0 Å². The fraction of sp³-hybridized carbons (Fsp3) is 0.684. The zero-order chi connectivity index (χ0) is 15.5. The third kappa shape index (κ3) is 7.87. The van der Waals surface area contributed by atoms with Crippen LogP contribution in [0.5, 0.6) is 0 Å². The minimum absolute atomic E-state index is 0.372. The highest BCUT2D eigenvalue weighted by Crippen LogP contribution is 2.20. The minimum Gasteiger partial charge on any atom is -0.307 e. The average Bonchev–Trinajstić information content (AvgIpc) is 2.47. The fourth-order valence-electron chi connectivity index (χ4n) is 2.82.